The van der Waals surface area contributed by atoms with Crippen LogP contribution in [0.5, 0.6) is 0 Å². The molecule has 1 unspecified atom stereocenters. The molecule has 0 radical (unpaired) electrons. The Labute approximate surface area is 115 Å². The molecule has 1 N–H and O–H groups in total. The van der Waals surface area contributed by atoms with Crippen molar-refractivity contribution in [1.29, 1.82) is 0 Å². The van der Waals surface area contributed by atoms with Gasteiger partial charge in [-0.1, -0.05) is 32.2 Å². The monoisotopic (exact) mass is 265 g/mol. The minimum Gasteiger partial charge on any atom is -0.309 e. The van der Waals surface area contributed by atoms with Crippen molar-refractivity contribution in [2.75, 3.05) is 6.54 Å². The molecule has 0 aliphatic rings. The van der Waals surface area contributed by atoms with Crippen LogP contribution in [0.15, 0.2) is 0 Å². The van der Waals surface area contributed by atoms with E-state index >= 15 is 0 Å². The molecule has 1 atom stereocenters. The highest BCUT2D eigenvalue weighted by molar-refractivity contribution is 7.05. The Balaban J connectivity index is 2.85. The van der Waals surface area contributed by atoms with E-state index in [-0.39, 0.29) is 5.41 Å². The topological polar surface area (TPSA) is 37.8 Å². The molecular formula is C14H23N3S. The van der Waals surface area contributed by atoms with E-state index in [1.54, 1.807) is 0 Å². The van der Waals surface area contributed by atoms with Crippen LogP contribution in [0.3, 0.4) is 0 Å². The Morgan fingerprint density at radius 3 is 2.72 bits per heavy atom. The third-order valence-corrected chi connectivity index (χ3v) is 3.64. The molecule has 1 aromatic rings. The number of unbranched alkanes of at least 4 members (excludes halogenated alkanes) is 1. The summed E-state index contributed by atoms with van der Waals surface area (Å²) in [6, 6.07) is 0.331. The van der Waals surface area contributed by atoms with Gasteiger partial charge in [-0.05, 0) is 30.9 Å². The van der Waals surface area contributed by atoms with Gasteiger partial charge in [0.15, 0.2) is 0 Å². The van der Waals surface area contributed by atoms with Gasteiger partial charge in [0.1, 0.15) is 0 Å². The first-order valence-electron chi connectivity index (χ1n) is 6.50. The van der Waals surface area contributed by atoms with E-state index in [1.165, 1.54) is 16.4 Å². The molecule has 0 amide bonds. The summed E-state index contributed by atoms with van der Waals surface area (Å²) < 4.78 is 4.13. The predicted molar refractivity (Wildman–Crippen MR) is 77.7 cm³/mol. The molecular weight excluding hydrogens is 242 g/mol. The molecule has 3 nitrogen and oxygen atoms in total. The molecule has 0 spiro atoms. The number of hydrogen-bond donors (Lipinski definition) is 1. The first-order chi connectivity index (χ1) is 8.50. The van der Waals surface area contributed by atoms with E-state index in [0.29, 0.717) is 6.04 Å². The Morgan fingerprint density at radius 1 is 1.44 bits per heavy atom. The molecule has 0 aromatic carbocycles. The van der Waals surface area contributed by atoms with Crippen LogP contribution >= 0.6 is 11.5 Å². The van der Waals surface area contributed by atoms with Crippen LogP contribution in [0, 0.1) is 12.3 Å². The zero-order valence-corrected chi connectivity index (χ0v) is 12.6. The largest absolute Gasteiger partial charge is 0.309 e. The Morgan fingerprint density at radius 2 is 2.17 bits per heavy atom. The maximum atomic E-state index is 5.31. The molecule has 4 heteroatoms. The quantitative estimate of drug-likeness (QED) is 0.633. The Hall–Kier alpha value is -0.920. The highest BCUT2D eigenvalue weighted by Crippen LogP contribution is 2.32. The van der Waals surface area contributed by atoms with Crippen LogP contribution in [0.25, 0.3) is 0 Å². The molecule has 0 saturated carbocycles. The third kappa shape index (κ3) is 4.08. The molecule has 0 aliphatic heterocycles. The Bertz CT molecular complexity index is 398. The van der Waals surface area contributed by atoms with Crippen LogP contribution < -0.4 is 5.32 Å². The molecule has 1 aromatic heterocycles. The van der Waals surface area contributed by atoms with Crippen molar-refractivity contribution in [3.05, 3.63) is 10.6 Å². The molecule has 0 aliphatic carbocycles. The standard InChI is InChI=1S/C14H23N3S/c1-6-8-9-10-11(15-7-2)12-13(14(3,4)5)16-17-18-12/h1,11,15H,7-10H2,2-5H3. The first kappa shape index (κ1) is 15.1. The molecule has 100 valence electrons. The average Bonchev–Trinajstić information content (AvgIpc) is 2.76. The fourth-order valence-electron chi connectivity index (χ4n) is 1.93. The van der Waals surface area contributed by atoms with Gasteiger partial charge in [0.25, 0.3) is 0 Å². The maximum Gasteiger partial charge on any atom is 0.0857 e. The molecule has 1 rings (SSSR count). The second-order valence-electron chi connectivity index (χ2n) is 5.44. The third-order valence-electron chi connectivity index (χ3n) is 2.80. The summed E-state index contributed by atoms with van der Waals surface area (Å²) in [6.45, 7) is 9.61. The van der Waals surface area contributed by atoms with Crippen molar-refractivity contribution < 1.29 is 0 Å². The van der Waals surface area contributed by atoms with Gasteiger partial charge >= 0.3 is 0 Å². The molecule has 1 heterocycles. The minimum atomic E-state index is 0.0438. The van der Waals surface area contributed by atoms with Crippen molar-refractivity contribution in [2.24, 2.45) is 0 Å². The minimum absolute atomic E-state index is 0.0438. The summed E-state index contributed by atoms with van der Waals surface area (Å²) in [6.07, 6.45) is 8.23. The lowest BCUT2D eigenvalue weighted by Crippen LogP contribution is -2.24. The van der Waals surface area contributed by atoms with Crippen LogP contribution in [0.1, 0.15) is 63.6 Å². The fourth-order valence-corrected chi connectivity index (χ4v) is 2.90. The van der Waals surface area contributed by atoms with Crippen molar-refractivity contribution >= 4 is 11.5 Å². The summed E-state index contributed by atoms with van der Waals surface area (Å²) in [5.74, 6) is 2.70. The number of nitrogens with one attached hydrogen (secondary N) is 1. The SMILES string of the molecule is C#CCCCC(NCC)c1snnc1C(C)(C)C. The number of hydrogen-bond acceptors (Lipinski definition) is 4. The van der Waals surface area contributed by atoms with E-state index in [4.69, 9.17) is 6.42 Å². The second-order valence-corrected chi connectivity index (χ2v) is 6.23. The summed E-state index contributed by atoms with van der Waals surface area (Å²) in [4.78, 5) is 1.27. The van der Waals surface area contributed by atoms with E-state index < -0.39 is 0 Å². The number of rotatable bonds is 6. The number of aromatic nitrogens is 2. The van der Waals surface area contributed by atoms with Gasteiger partial charge in [-0.15, -0.1) is 17.4 Å². The lowest BCUT2D eigenvalue weighted by atomic mass is 9.89. The summed E-state index contributed by atoms with van der Waals surface area (Å²) >= 11 is 1.51. The zero-order chi connectivity index (χ0) is 13.6. The summed E-state index contributed by atoms with van der Waals surface area (Å²) in [5, 5.41) is 7.83. The molecule has 0 bridgehead atoms. The van der Waals surface area contributed by atoms with Crippen LogP contribution in [0.2, 0.25) is 0 Å². The van der Waals surface area contributed by atoms with Crippen LogP contribution in [0.4, 0.5) is 0 Å². The lowest BCUT2D eigenvalue weighted by Gasteiger charge is -2.22. The first-order valence-corrected chi connectivity index (χ1v) is 7.27. The number of nitrogens with zero attached hydrogens (tertiary/aromatic N) is 2. The molecule has 0 fully saturated rings. The molecule has 18 heavy (non-hydrogen) atoms. The highest BCUT2D eigenvalue weighted by atomic mass is 32.1. The average molecular weight is 265 g/mol. The summed E-state index contributed by atoms with van der Waals surface area (Å²) in [7, 11) is 0. The van der Waals surface area contributed by atoms with Gasteiger partial charge < -0.3 is 5.32 Å². The van der Waals surface area contributed by atoms with E-state index in [1.807, 2.05) is 0 Å². The number of terminal acetylenes is 1. The second kappa shape index (κ2) is 6.86. The van der Waals surface area contributed by atoms with Gasteiger partial charge in [0.05, 0.1) is 10.6 Å². The summed E-state index contributed by atoms with van der Waals surface area (Å²) in [5.41, 5.74) is 1.15. The lowest BCUT2D eigenvalue weighted by molar-refractivity contribution is 0.485. The smallest absolute Gasteiger partial charge is 0.0857 e. The van der Waals surface area contributed by atoms with Crippen LogP contribution in [-0.4, -0.2) is 16.1 Å². The van der Waals surface area contributed by atoms with E-state index in [2.05, 4.69) is 48.5 Å². The van der Waals surface area contributed by atoms with Gasteiger partial charge in [-0.3, -0.25) is 0 Å². The maximum absolute atomic E-state index is 5.31. The predicted octanol–water partition coefficient (Wildman–Crippen LogP) is 3.29. The van der Waals surface area contributed by atoms with Crippen molar-refractivity contribution in [1.82, 2.24) is 14.9 Å². The van der Waals surface area contributed by atoms with Gasteiger partial charge in [-0.2, -0.15) is 0 Å². The van der Waals surface area contributed by atoms with Gasteiger partial charge in [-0.25, -0.2) is 0 Å². The van der Waals surface area contributed by atoms with Crippen LogP contribution in [-0.2, 0) is 5.41 Å². The van der Waals surface area contributed by atoms with Crippen molar-refractivity contribution in [3.63, 3.8) is 0 Å². The fraction of sp³-hybridized carbons (Fsp3) is 0.714. The van der Waals surface area contributed by atoms with Crippen molar-refractivity contribution in [3.8, 4) is 12.3 Å². The van der Waals surface area contributed by atoms with E-state index in [9.17, 15) is 0 Å². The normalized spacial score (nSPS) is 13.3. The van der Waals surface area contributed by atoms with Gasteiger partial charge in [0, 0.05) is 17.9 Å². The molecule has 0 saturated heterocycles. The zero-order valence-electron chi connectivity index (χ0n) is 11.8. The van der Waals surface area contributed by atoms with Crippen molar-refractivity contribution in [2.45, 2.75) is 58.4 Å². The van der Waals surface area contributed by atoms with Gasteiger partial charge in [0.2, 0.25) is 0 Å². The highest BCUT2D eigenvalue weighted by Gasteiger charge is 2.26. The Kier molecular flexibility index (Phi) is 5.77. The van der Waals surface area contributed by atoms with E-state index in [0.717, 1.165) is 31.5 Å².